The Bertz CT molecular complexity index is 469. The topological polar surface area (TPSA) is 62.5 Å². The van der Waals surface area contributed by atoms with Crippen molar-refractivity contribution in [3.8, 4) is 0 Å². The zero-order valence-electron chi connectivity index (χ0n) is 9.39. The number of aliphatic carboxylic acids is 1. The first-order chi connectivity index (χ1) is 8.00. The van der Waals surface area contributed by atoms with Crippen LogP contribution in [0.3, 0.4) is 0 Å². The van der Waals surface area contributed by atoms with Crippen LogP contribution >= 0.6 is 11.6 Å². The number of rotatable bonds is 2. The molecule has 1 atom stereocenters. The fourth-order valence-electron chi connectivity index (χ4n) is 2.15. The molecule has 5 nitrogen and oxygen atoms in total. The number of carbonyl (C=O) groups excluding carboxylic acids is 1. The third-order valence-corrected chi connectivity index (χ3v) is 3.20. The van der Waals surface area contributed by atoms with Crippen LogP contribution in [0.2, 0.25) is 5.02 Å². The summed E-state index contributed by atoms with van der Waals surface area (Å²) in [5.41, 5.74) is 0.420. The van der Waals surface area contributed by atoms with E-state index in [4.69, 9.17) is 16.7 Å². The van der Waals surface area contributed by atoms with Crippen molar-refractivity contribution in [3.63, 3.8) is 0 Å². The van der Waals surface area contributed by atoms with Crippen LogP contribution in [0.15, 0.2) is 12.3 Å². The smallest absolute Gasteiger partial charge is 0.326 e. The molecule has 0 aromatic carbocycles. The average Bonchev–Trinajstić information content (AvgIpc) is 2.83. The second-order valence-electron chi connectivity index (χ2n) is 4.15. The molecule has 0 saturated carbocycles. The lowest BCUT2D eigenvalue weighted by molar-refractivity contribution is -0.141. The van der Waals surface area contributed by atoms with E-state index in [0.29, 0.717) is 23.7 Å². The monoisotopic (exact) mass is 256 g/mol. The van der Waals surface area contributed by atoms with Crippen LogP contribution in [-0.4, -0.2) is 39.0 Å². The number of carboxylic acids is 1. The van der Waals surface area contributed by atoms with Gasteiger partial charge in [-0.25, -0.2) is 4.79 Å². The number of carboxylic acid groups (broad SMARTS) is 1. The molecule has 1 amide bonds. The third kappa shape index (κ3) is 2.15. The van der Waals surface area contributed by atoms with E-state index >= 15 is 0 Å². The molecule has 1 aromatic heterocycles. The Morgan fingerprint density at radius 3 is 2.76 bits per heavy atom. The summed E-state index contributed by atoms with van der Waals surface area (Å²) < 4.78 is 1.61. The summed E-state index contributed by atoms with van der Waals surface area (Å²) in [5.74, 6) is -1.22. The van der Waals surface area contributed by atoms with E-state index in [-0.39, 0.29) is 5.91 Å². The molecule has 0 radical (unpaired) electrons. The molecule has 1 aromatic rings. The predicted octanol–water partition coefficient (Wildman–Crippen LogP) is 1.37. The minimum atomic E-state index is -0.948. The van der Waals surface area contributed by atoms with Gasteiger partial charge in [-0.1, -0.05) is 11.6 Å². The van der Waals surface area contributed by atoms with Crippen LogP contribution in [0.25, 0.3) is 0 Å². The van der Waals surface area contributed by atoms with Crippen molar-refractivity contribution in [1.29, 1.82) is 0 Å². The first-order valence-corrected chi connectivity index (χ1v) is 5.74. The van der Waals surface area contributed by atoms with Gasteiger partial charge >= 0.3 is 5.97 Å². The van der Waals surface area contributed by atoms with Crippen LogP contribution in [0.5, 0.6) is 0 Å². The number of amides is 1. The molecule has 0 bridgehead atoms. The highest BCUT2D eigenvalue weighted by molar-refractivity contribution is 6.31. The molecule has 92 valence electrons. The first-order valence-electron chi connectivity index (χ1n) is 5.36. The number of hydrogen-bond acceptors (Lipinski definition) is 2. The number of aryl methyl sites for hydroxylation is 1. The van der Waals surface area contributed by atoms with Gasteiger partial charge in [0.15, 0.2) is 0 Å². The van der Waals surface area contributed by atoms with E-state index in [2.05, 4.69) is 0 Å². The number of hydrogen-bond donors (Lipinski definition) is 1. The molecule has 17 heavy (non-hydrogen) atoms. The normalized spacial score (nSPS) is 19.6. The van der Waals surface area contributed by atoms with Gasteiger partial charge in [0.25, 0.3) is 5.91 Å². The molecule has 1 fully saturated rings. The van der Waals surface area contributed by atoms with Crippen LogP contribution in [-0.2, 0) is 11.8 Å². The second-order valence-corrected chi connectivity index (χ2v) is 4.59. The Balaban J connectivity index is 2.25. The number of aromatic nitrogens is 1. The van der Waals surface area contributed by atoms with E-state index in [1.165, 1.54) is 4.90 Å². The van der Waals surface area contributed by atoms with E-state index in [1.807, 2.05) is 0 Å². The highest BCUT2D eigenvalue weighted by Crippen LogP contribution is 2.22. The van der Waals surface area contributed by atoms with Gasteiger partial charge in [-0.15, -0.1) is 0 Å². The zero-order valence-corrected chi connectivity index (χ0v) is 10.1. The molecule has 2 heterocycles. The van der Waals surface area contributed by atoms with Crippen molar-refractivity contribution in [3.05, 3.63) is 23.0 Å². The maximum Gasteiger partial charge on any atom is 0.326 e. The Hall–Kier alpha value is -1.49. The predicted molar refractivity (Wildman–Crippen MR) is 62.1 cm³/mol. The number of halogens is 1. The first kappa shape index (κ1) is 12.0. The van der Waals surface area contributed by atoms with Crippen LogP contribution in [0, 0.1) is 0 Å². The SMILES string of the molecule is Cn1cc(Cl)cc1C(=O)N1CCC[C@H]1C(=O)O. The van der Waals surface area contributed by atoms with Gasteiger partial charge in [-0.2, -0.15) is 0 Å². The molecule has 6 heteroatoms. The van der Waals surface area contributed by atoms with Crippen molar-refractivity contribution in [2.75, 3.05) is 6.54 Å². The molecule has 2 rings (SSSR count). The number of nitrogens with zero attached hydrogens (tertiary/aromatic N) is 2. The Labute approximate surface area is 104 Å². The van der Waals surface area contributed by atoms with Crippen molar-refractivity contribution < 1.29 is 14.7 Å². The van der Waals surface area contributed by atoms with Gasteiger partial charge < -0.3 is 14.6 Å². The molecule has 0 spiro atoms. The largest absolute Gasteiger partial charge is 0.480 e. The summed E-state index contributed by atoms with van der Waals surface area (Å²) in [6.07, 6.45) is 2.86. The molecule has 1 saturated heterocycles. The molecule has 1 aliphatic rings. The van der Waals surface area contributed by atoms with Crippen molar-refractivity contribution in [2.45, 2.75) is 18.9 Å². The van der Waals surface area contributed by atoms with E-state index in [1.54, 1.807) is 23.9 Å². The molecular formula is C11H13ClN2O3. The average molecular weight is 257 g/mol. The van der Waals surface area contributed by atoms with Gasteiger partial charge in [-0.3, -0.25) is 4.79 Å². The Morgan fingerprint density at radius 2 is 2.24 bits per heavy atom. The number of carbonyl (C=O) groups is 2. The summed E-state index contributed by atoms with van der Waals surface area (Å²) in [5, 5.41) is 9.50. The zero-order chi connectivity index (χ0) is 12.6. The molecule has 1 N–H and O–H groups in total. The molecular weight excluding hydrogens is 244 g/mol. The second kappa shape index (κ2) is 4.41. The van der Waals surface area contributed by atoms with Crippen LogP contribution in [0.4, 0.5) is 0 Å². The highest BCUT2D eigenvalue weighted by atomic mass is 35.5. The van der Waals surface area contributed by atoms with Gasteiger partial charge in [0, 0.05) is 19.8 Å². The number of likely N-dealkylation sites (tertiary alicyclic amines) is 1. The maximum absolute atomic E-state index is 12.2. The summed E-state index contributed by atoms with van der Waals surface area (Å²) in [4.78, 5) is 24.6. The lowest BCUT2D eigenvalue weighted by Crippen LogP contribution is -2.41. The van der Waals surface area contributed by atoms with Gasteiger partial charge in [0.05, 0.1) is 5.02 Å². The lowest BCUT2D eigenvalue weighted by atomic mass is 10.2. The molecule has 0 aliphatic carbocycles. The summed E-state index contributed by atoms with van der Waals surface area (Å²) >= 11 is 5.81. The Kier molecular flexibility index (Phi) is 3.11. The summed E-state index contributed by atoms with van der Waals surface area (Å²) in [7, 11) is 1.71. The van der Waals surface area contributed by atoms with Gasteiger partial charge in [0.2, 0.25) is 0 Å². The van der Waals surface area contributed by atoms with E-state index in [0.717, 1.165) is 6.42 Å². The minimum absolute atomic E-state index is 0.274. The summed E-state index contributed by atoms with van der Waals surface area (Å²) in [6.45, 7) is 0.485. The lowest BCUT2D eigenvalue weighted by Gasteiger charge is -2.21. The van der Waals surface area contributed by atoms with Crippen molar-refractivity contribution in [1.82, 2.24) is 9.47 Å². The van der Waals surface area contributed by atoms with Crippen LogP contribution in [0.1, 0.15) is 23.3 Å². The third-order valence-electron chi connectivity index (χ3n) is 2.99. The standard InChI is InChI=1S/C11H13ClN2O3/c1-13-6-7(12)5-9(13)10(15)14-4-2-3-8(14)11(16)17/h5-6,8H,2-4H2,1H3,(H,16,17)/t8-/m0/s1. The fourth-order valence-corrected chi connectivity index (χ4v) is 2.40. The Morgan fingerprint density at radius 1 is 1.53 bits per heavy atom. The summed E-state index contributed by atoms with van der Waals surface area (Å²) in [6, 6.07) is 0.845. The highest BCUT2D eigenvalue weighted by Gasteiger charge is 2.35. The fraction of sp³-hybridized carbons (Fsp3) is 0.455. The molecule has 1 aliphatic heterocycles. The van der Waals surface area contributed by atoms with E-state index < -0.39 is 12.0 Å². The van der Waals surface area contributed by atoms with E-state index in [9.17, 15) is 9.59 Å². The maximum atomic E-state index is 12.2. The van der Waals surface area contributed by atoms with Gasteiger partial charge in [-0.05, 0) is 18.9 Å². The van der Waals surface area contributed by atoms with Crippen molar-refractivity contribution >= 4 is 23.5 Å². The minimum Gasteiger partial charge on any atom is -0.480 e. The van der Waals surface area contributed by atoms with Gasteiger partial charge in [0.1, 0.15) is 11.7 Å². The van der Waals surface area contributed by atoms with Crippen LogP contribution < -0.4 is 0 Å². The van der Waals surface area contributed by atoms with Crippen molar-refractivity contribution in [2.24, 2.45) is 7.05 Å². The molecule has 0 unspecified atom stereocenters. The quantitative estimate of drug-likeness (QED) is 0.869.